The maximum absolute atomic E-state index is 12.3. The molecule has 15 heteroatoms. The van der Waals surface area contributed by atoms with Crippen molar-refractivity contribution in [3.63, 3.8) is 0 Å². The molecule has 0 amide bonds. The molecule has 8 aliphatic carbocycles. The SMILES string of the molecule is CCC(C)C(=O)OC(C)(C)C.CCC(C)C(=O)OC(C)(C)C.CCC(C)C(=O)OC(C)(C)C12CC3CC(CC(C3)C1)C2.CCC(C)C(=O)OC1(C)C2CC3CC(C2)CC1C3.CCC(C)c1ccc(O)cc1.CCC(C)c1ccc(O)cc1.CCC(C)c1ccc(O)cc1.CCC(C)c1ccc(O)cc1.CCC(C)c1ccc(OC(=O)OC)cc1.CCC(C)c1ccccc1.CCC(C)c1ccccc1. The van der Waals surface area contributed by atoms with Crippen LogP contribution < -0.4 is 4.74 Å². The van der Waals surface area contributed by atoms with Crippen LogP contribution in [0.2, 0.25) is 0 Å². The third kappa shape index (κ3) is 44.1. The van der Waals surface area contributed by atoms with Crippen LogP contribution in [0.4, 0.5) is 4.79 Å². The minimum Gasteiger partial charge on any atom is -0.508 e. The van der Waals surface area contributed by atoms with Gasteiger partial charge in [-0.1, -0.05) is 274 Å². The Kier molecular flexibility index (Phi) is 55.6. The van der Waals surface area contributed by atoms with Crippen molar-refractivity contribution in [2.75, 3.05) is 7.11 Å². The van der Waals surface area contributed by atoms with E-state index < -0.39 is 6.16 Å². The second-order valence-corrected chi connectivity index (χ2v) is 43.8. The third-order valence-corrected chi connectivity index (χ3v) is 30.3. The van der Waals surface area contributed by atoms with Crippen LogP contribution in [-0.2, 0) is 42.9 Å². The standard InChI is InChI=1S/C18H30O2.C16H26O2.C12H16O3.4C10H14O.2C10H14.2C9H18O2/c1-5-12(2)16(19)20-17(3,4)18-9-13-6-14(10-18)8-15(7-13)11-18;1-4-10(2)15(17)18-16(3)13-6-11-5-12(8-13)9-14(16)7-11;1-4-9(2)10-5-7-11(8-6-10)15-12(13)14-3;4*1-3-8(2)9-4-6-10(11)7-5-9;2*1-3-9(2)10-7-5-4-6-8-10;2*1-6-7(2)8(10)11-9(3,4)5/h12-15H,5-11H2,1-4H3;10-14H,4-9H2,1-3H3;5-9H,4H2,1-3H3;4*4-8,11H,3H2,1-2H3;2*4-9H,3H2,1-2H3;2*7H,6H2,1-5H3. The molecule has 0 aromatic heterocycles. The van der Waals surface area contributed by atoms with Gasteiger partial charge < -0.3 is 48.8 Å². The lowest BCUT2D eigenvalue weighted by molar-refractivity contribution is -0.206. The number of phenolic OH excluding ortho intramolecular Hbond substituents is 4. The number of carbonyl (C=O) groups is 5. The van der Waals surface area contributed by atoms with Crippen molar-refractivity contribution >= 4 is 30.0 Å². The summed E-state index contributed by atoms with van der Waals surface area (Å²) in [6, 6.07) is 58.5. The highest BCUT2D eigenvalue weighted by molar-refractivity contribution is 5.74. The van der Waals surface area contributed by atoms with Crippen LogP contribution in [0, 0.1) is 70.5 Å². The van der Waals surface area contributed by atoms with E-state index in [1.54, 1.807) is 60.7 Å². The van der Waals surface area contributed by atoms with Crippen LogP contribution >= 0.6 is 0 Å². The lowest BCUT2D eigenvalue weighted by Crippen LogP contribution is -2.58. The Morgan fingerprint density at radius 3 is 0.755 bits per heavy atom. The molecule has 8 bridgehead atoms. The van der Waals surface area contributed by atoms with Crippen LogP contribution in [0.1, 0.15) is 436 Å². The minimum absolute atomic E-state index is 0.00763. The highest BCUT2D eigenvalue weighted by Crippen LogP contribution is 2.65. The van der Waals surface area contributed by atoms with Crippen molar-refractivity contribution in [1.82, 2.24) is 0 Å². The van der Waals surface area contributed by atoms with Gasteiger partial charge in [0.25, 0.3) is 0 Å². The monoisotopic (exact) mass is 1920 g/mol. The highest BCUT2D eigenvalue weighted by atomic mass is 16.7. The third-order valence-electron chi connectivity index (χ3n) is 30.3. The van der Waals surface area contributed by atoms with E-state index in [2.05, 4.69) is 197 Å². The van der Waals surface area contributed by atoms with Gasteiger partial charge in [0.15, 0.2) is 0 Å². The number of hydrogen-bond acceptors (Lipinski definition) is 15. The summed E-state index contributed by atoms with van der Waals surface area (Å²) in [5.41, 5.74) is 8.47. The summed E-state index contributed by atoms with van der Waals surface area (Å²) in [5.74, 6) is 12.0. The smallest absolute Gasteiger partial charge is 0.508 e. The van der Waals surface area contributed by atoms with Crippen LogP contribution in [0.15, 0.2) is 182 Å². The molecule has 15 nitrogen and oxygen atoms in total. The summed E-state index contributed by atoms with van der Waals surface area (Å²) < 4.78 is 31.6. The van der Waals surface area contributed by atoms with E-state index in [1.807, 2.05) is 144 Å². The van der Waals surface area contributed by atoms with E-state index in [0.717, 1.165) is 87.4 Å². The van der Waals surface area contributed by atoms with E-state index in [4.69, 9.17) is 44.1 Å². The van der Waals surface area contributed by atoms with E-state index in [0.29, 0.717) is 82.0 Å². The Hall–Kier alpha value is -9.11. The summed E-state index contributed by atoms with van der Waals surface area (Å²) in [4.78, 5) is 57.6. The van der Waals surface area contributed by atoms with Gasteiger partial charge in [-0.2, -0.15) is 0 Å². The zero-order chi connectivity index (χ0) is 105. The molecule has 11 unspecified atom stereocenters. The Labute approximate surface area is 844 Å². The second kappa shape index (κ2) is 62.3. The zero-order valence-electron chi connectivity index (χ0n) is 92.5. The van der Waals surface area contributed by atoms with Crippen molar-refractivity contribution in [1.29, 1.82) is 0 Å². The Balaban J connectivity index is 0.000000397. The first kappa shape index (κ1) is 124. The molecule has 139 heavy (non-hydrogen) atoms. The Bertz CT molecular complexity index is 4160. The molecule has 8 aliphatic rings. The molecule has 11 atom stereocenters. The first-order chi connectivity index (χ1) is 65.4. The lowest BCUT2D eigenvalue weighted by Gasteiger charge is -2.61. The van der Waals surface area contributed by atoms with Crippen LogP contribution in [-0.4, -0.2) is 80.0 Å². The average molecular weight is 1920 g/mol. The summed E-state index contributed by atoms with van der Waals surface area (Å²) in [5, 5.41) is 36.0. The zero-order valence-corrected chi connectivity index (χ0v) is 92.5. The molecule has 0 saturated heterocycles. The van der Waals surface area contributed by atoms with Crippen molar-refractivity contribution in [3.8, 4) is 28.7 Å². The molecule has 0 spiro atoms. The van der Waals surface area contributed by atoms with Crippen molar-refractivity contribution in [2.45, 2.75) is 420 Å². The molecule has 778 valence electrons. The number of methoxy groups -OCH3 is 1. The number of rotatable bonds is 26. The van der Waals surface area contributed by atoms with Crippen molar-refractivity contribution in [3.05, 3.63) is 221 Å². The number of hydrogen-bond donors (Lipinski definition) is 4. The number of aromatic hydroxyl groups is 4. The number of phenols is 4. The molecular weight excluding hydrogens is 1730 g/mol. The molecular formula is C124H192O15. The van der Waals surface area contributed by atoms with Crippen LogP contribution in [0.3, 0.4) is 0 Å². The van der Waals surface area contributed by atoms with Gasteiger partial charge in [0.05, 0.1) is 30.8 Å². The largest absolute Gasteiger partial charge is 0.513 e. The maximum Gasteiger partial charge on any atom is 0.513 e. The maximum atomic E-state index is 12.3. The first-order valence-electron chi connectivity index (χ1n) is 53.4. The quantitative estimate of drug-likeness (QED) is 0.0225. The van der Waals surface area contributed by atoms with Crippen molar-refractivity contribution in [2.24, 2.45) is 70.5 Å². The summed E-state index contributed by atoms with van der Waals surface area (Å²) in [7, 11) is 1.29. The van der Waals surface area contributed by atoms with Crippen LogP contribution in [0.5, 0.6) is 28.7 Å². The first-order valence-corrected chi connectivity index (χ1v) is 53.4. The fourth-order valence-corrected chi connectivity index (χ4v) is 18.8. The second-order valence-electron chi connectivity index (χ2n) is 43.8. The van der Waals surface area contributed by atoms with Crippen LogP contribution in [0.25, 0.3) is 0 Å². The lowest BCUT2D eigenvalue weighted by atomic mass is 9.46. The van der Waals surface area contributed by atoms with Gasteiger partial charge in [0.2, 0.25) is 0 Å². The fourth-order valence-electron chi connectivity index (χ4n) is 18.8. The van der Waals surface area contributed by atoms with Gasteiger partial charge in [-0.3, -0.25) is 19.2 Å². The molecule has 15 rings (SSSR count). The van der Waals surface area contributed by atoms with Gasteiger partial charge >= 0.3 is 30.0 Å². The van der Waals surface area contributed by atoms with Gasteiger partial charge in [-0.05, 0) is 386 Å². The Morgan fingerprint density at radius 2 is 0.525 bits per heavy atom. The van der Waals surface area contributed by atoms with Gasteiger partial charge in [0, 0.05) is 5.41 Å². The molecule has 8 saturated carbocycles. The fraction of sp³-hybridized carbons (Fsp3) is 0.621. The molecule has 7 aromatic rings. The molecule has 8 fully saturated rings. The van der Waals surface area contributed by atoms with Gasteiger partial charge in [-0.15, -0.1) is 0 Å². The average Bonchev–Trinajstić information content (AvgIpc) is 0.727. The van der Waals surface area contributed by atoms with Gasteiger partial charge in [0.1, 0.15) is 51.2 Å². The van der Waals surface area contributed by atoms with E-state index in [1.165, 1.54) is 130 Å². The van der Waals surface area contributed by atoms with Crippen molar-refractivity contribution < 1.29 is 72.8 Å². The predicted octanol–water partition coefficient (Wildman–Crippen LogP) is 34.5. The summed E-state index contributed by atoms with van der Waals surface area (Å²) >= 11 is 0. The molecule has 0 aliphatic heterocycles. The van der Waals surface area contributed by atoms with E-state index in [-0.39, 0.29) is 75.4 Å². The summed E-state index contributed by atoms with van der Waals surface area (Å²) in [6.45, 7) is 64.4. The minimum atomic E-state index is -0.689. The number of benzene rings is 7. The molecule has 0 heterocycles. The molecule has 0 radical (unpaired) electrons. The molecule has 7 aromatic carbocycles. The molecule has 4 N–H and O–H groups in total. The number of ether oxygens (including phenoxy) is 6. The van der Waals surface area contributed by atoms with E-state index in [9.17, 15) is 24.0 Å². The Morgan fingerprint density at radius 1 is 0.302 bits per heavy atom. The topological polar surface area (TPSA) is 222 Å². The highest BCUT2D eigenvalue weighted by Gasteiger charge is 2.60. The summed E-state index contributed by atoms with van der Waals surface area (Å²) in [6.07, 6.45) is 25.7. The predicted molar refractivity (Wildman–Crippen MR) is 578 cm³/mol. The van der Waals surface area contributed by atoms with Gasteiger partial charge in [-0.25, -0.2) is 4.79 Å². The number of esters is 4. The van der Waals surface area contributed by atoms with E-state index >= 15 is 0 Å². The normalized spacial score (nSPS) is 21.5. The number of carbonyl (C=O) groups excluding carboxylic acids is 5.